The van der Waals surface area contributed by atoms with Crippen LogP contribution in [-0.4, -0.2) is 106 Å². The molecule has 1 aromatic heterocycles. The number of aliphatic hydroxyl groups is 3. The normalized spacial score (nSPS) is 20.3. The Morgan fingerprint density at radius 2 is 1.90 bits per heavy atom. The van der Waals surface area contributed by atoms with Crippen molar-refractivity contribution in [2.45, 2.75) is 76.0 Å². The number of ketones is 1. The van der Waals surface area contributed by atoms with Crippen molar-refractivity contribution in [1.29, 1.82) is 0 Å². The number of nitrogens with zero attached hydrogens (tertiary/aromatic N) is 3. The number of nitrogens with one attached hydrogen (secondary N) is 1. The summed E-state index contributed by atoms with van der Waals surface area (Å²) in [6.07, 6.45) is -4.00. The summed E-state index contributed by atoms with van der Waals surface area (Å²) in [6, 6.07) is 9.60. The molecule has 1 aliphatic heterocycles. The third kappa shape index (κ3) is 10.4. The van der Waals surface area contributed by atoms with Crippen molar-refractivity contribution in [1.82, 2.24) is 15.0 Å². The second-order valence-corrected chi connectivity index (χ2v) is 11.8. The Morgan fingerprint density at radius 1 is 1.10 bits per heavy atom. The minimum Gasteiger partial charge on any atom is -0.493 e. The number of halogens is 2. The molecular weight excluding hydrogens is 683 g/mol. The Morgan fingerprint density at radius 3 is 2.62 bits per heavy atom. The van der Waals surface area contributed by atoms with Gasteiger partial charge >= 0.3 is 5.97 Å². The largest absolute Gasteiger partial charge is 0.493 e. The smallest absolute Gasteiger partial charge is 0.338 e. The fraction of sp³-hybridized carbons (Fsp3) is 0.485. The number of methoxy groups -OCH3 is 2. The van der Waals surface area contributed by atoms with Crippen molar-refractivity contribution in [3.8, 4) is 11.5 Å². The molecule has 50 heavy (non-hydrogen) atoms. The minimum absolute atomic E-state index is 0.0205. The van der Waals surface area contributed by atoms with Crippen LogP contribution in [0.3, 0.4) is 0 Å². The molecule has 3 aromatic rings. The van der Waals surface area contributed by atoms with E-state index in [2.05, 4.69) is 15.6 Å². The standard InChI is InChI=1S/C33H40ClFN4O11/c1-46-25-15-20(32(45)50-31-29(44)28(43)26(17-40)49-33(31)47-2)14-24(34)30(25)48-18-19-5-3-6-21(13-19)36-27(42)9-8-22-16-39(38-37-22)12-4-7-23(41)10-11-35/h3,5-6,13-16,26,28-29,31,33,40,43-44H,4,7-12,17-18H2,1-2H3,(H,36,42)/t26-,28-,29+,31+,33+/m1/s1. The lowest BCUT2D eigenvalue weighted by molar-refractivity contribution is -0.293. The van der Waals surface area contributed by atoms with E-state index >= 15 is 0 Å². The van der Waals surface area contributed by atoms with Gasteiger partial charge in [-0.3, -0.25) is 18.7 Å². The Hall–Kier alpha value is -4.19. The van der Waals surface area contributed by atoms with Gasteiger partial charge in [0, 0.05) is 51.2 Å². The molecule has 0 aliphatic carbocycles. The maximum Gasteiger partial charge on any atom is 0.338 e. The van der Waals surface area contributed by atoms with Crippen LogP contribution in [0.5, 0.6) is 11.5 Å². The fourth-order valence-electron chi connectivity index (χ4n) is 5.13. The van der Waals surface area contributed by atoms with E-state index in [9.17, 15) is 34.1 Å². The van der Waals surface area contributed by atoms with E-state index in [1.807, 2.05) is 0 Å². The van der Waals surface area contributed by atoms with E-state index in [0.29, 0.717) is 36.3 Å². The summed E-state index contributed by atoms with van der Waals surface area (Å²) in [7, 11) is 2.61. The molecule has 0 saturated carbocycles. The lowest BCUT2D eigenvalue weighted by atomic mass is 9.99. The van der Waals surface area contributed by atoms with Crippen molar-refractivity contribution in [3.63, 3.8) is 0 Å². The summed E-state index contributed by atoms with van der Waals surface area (Å²) in [6.45, 7) is -0.749. The van der Waals surface area contributed by atoms with Crippen molar-refractivity contribution >= 4 is 34.9 Å². The van der Waals surface area contributed by atoms with Crippen molar-refractivity contribution in [2.75, 3.05) is 32.8 Å². The highest BCUT2D eigenvalue weighted by molar-refractivity contribution is 6.32. The van der Waals surface area contributed by atoms with E-state index in [1.54, 1.807) is 35.1 Å². The number of amides is 1. The van der Waals surface area contributed by atoms with Crippen molar-refractivity contribution in [3.05, 3.63) is 64.4 Å². The van der Waals surface area contributed by atoms with Crippen LogP contribution in [0.15, 0.2) is 42.6 Å². The van der Waals surface area contributed by atoms with Gasteiger partial charge in [0.2, 0.25) is 5.91 Å². The second kappa shape index (κ2) is 18.7. The summed E-state index contributed by atoms with van der Waals surface area (Å²) in [4.78, 5) is 37.1. The summed E-state index contributed by atoms with van der Waals surface area (Å²) >= 11 is 6.47. The number of aryl methyl sites for hydroxylation is 2. The van der Waals surface area contributed by atoms with Gasteiger partial charge in [0.15, 0.2) is 23.9 Å². The topological polar surface area (TPSA) is 201 Å². The lowest BCUT2D eigenvalue weighted by Gasteiger charge is -2.40. The molecule has 4 rings (SSSR count). The molecule has 17 heteroatoms. The molecule has 0 spiro atoms. The molecule has 15 nitrogen and oxygen atoms in total. The SMILES string of the molecule is COc1cc(C(=O)O[C@@H]2[C@@H](OC)O[C@H](CO)[C@@H](O)[C@@H]2O)cc(Cl)c1OCc1cccc(NC(=O)CCc2cn(CCCC(=O)CCF)nn2)c1. The molecular formula is C33H40ClFN4O11. The van der Waals surface area contributed by atoms with Gasteiger partial charge in [0.25, 0.3) is 0 Å². The number of aliphatic hydroxyl groups excluding tert-OH is 3. The third-order valence-corrected chi connectivity index (χ3v) is 8.05. The van der Waals surface area contributed by atoms with Gasteiger partial charge in [-0.15, -0.1) is 5.10 Å². The molecule has 1 amide bonds. The molecule has 5 atom stereocenters. The van der Waals surface area contributed by atoms with E-state index in [1.165, 1.54) is 26.4 Å². The average molecular weight is 723 g/mol. The van der Waals surface area contributed by atoms with E-state index in [0.717, 1.165) is 0 Å². The molecule has 2 heterocycles. The zero-order valence-electron chi connectivity index (χ0n) is 27.5. The lowest BCUT2D eigenvalue weighted by Crippen LogP contribution is -2.60. The number of alkyl halides is 1. The number of carbonyl (C=O) groups is 3. The Bertz CT molecular complexity index is 1610. The number of anilines is 1. The van der Waals surface area contributed by atoms with Gasteiger partial charge in [-0.1, -0.05) is 28.9 Å². The summed E-state index contributed by atoms with van der Waals surface area (Å²) in [5.41, 5.74) is 1.80. The number of Topliss-reactive ketones (excluding diaryl/α,β-unsaturated/α-hetero) is 1. The number of rotatable bonds is 18. The summed E-state index contributed by atoms with van der Waals surface area (Å²) in [5.74, 6) is -1.05. The maximum atomic E-state index is 13.0. The number of hydrogen-bond donors (Lipinski definition) is 4. The van der Waals surface area contributed by atoms with Crippen LogP contribution in [0.1, 0.15) is 47.3 Å². The first kappa shape index (κ1) is 38.6. The van der Waals surface area contributed by atoms with Crippen LogP contribution >= 0.6 is 11.6 Å². The van der Waals surface area contributed by atoms with Crippen LogP contribution in [0.4, 0.5) is 10.1 Å². The van der Waals surface area contributed by atoms with E-state index < -0.39 is 50.0 Å². The number of benzene rings is 2. The van der Waals surface area contributed by atoms with E-state index in [4.69, 9.17) is 35.3 Å². The number of esters is 1. The molecule has 0 bridgehead atoms. The monoisotopic (exact) mass is 722 g/mol. The quantitative estimate of drug-likeness (QED) is 0.140. The molecule has 0 unspecified atom stereocenters. The maximum absolute atomic E-state index is 13.0. The van der Waals surface area contributed by atoms with Gasteiger partial charge in [0.1, 0.15) is 30.7 Å². The van der Waals surface area contributed by atoms with Crippen LogP contribution < -0.4 is 14.8 Å². The molecule has 272 valence electrons. The zero-order chi connectivity index (χ0) is 36.2. The van der Waals surface area contributed by atoms with Crippen LogP contribution in [0.25, 0.3) is 0 Å². The third-order valence-electron chi connectivity index (χ3n) is 7.77. The Kier molecular flexibility index (Phi) is 14.4. The van der Waals surface area contributed by atoms with E-state index in [-0.39, 0.29) is 59.6 Å². The molecule has 1 aliphatic rings. The Labute approximate surface area is 292 Å². The molecule has 1 saturated heterocycles. The minimum atomic E-state index is -1.60. The van der Waals surface area contributed by atoms with Crippen molar-refractivity contribution < 1.29 is 57.8 Å². The highest BCUT2D eigenvalue weighted by Crippen LogP contribution is 2.38. The van der Waals surface area contributed by atoms with Gasteiger partial charge < -0.3 is 44.3 Å². The van der Waals surface area contributed by atoms with Gasteiger partial charge in [-0.2, -0.15) is 0 Å². The van der Waals surface area contributed by atoms with Crippen LogP contribution in [0, 0.1) is 0 Å². The first-order valence-corrected chi connectivity index (χ1v) is 16.2. The molecule has 0 radical (unpaired) electrons. The highest BCUT2D eigenvalue weighted by atomic mass is 35.5. The zero-order valence-corrected chi connectivity index (χ0v) is 28.3. The highest BCUT2D eigenvalue weighted by Gasteiger charge is 2.47. The number of carbonyl (C=O) groups excluding carboxylic acids is 3. The molecule has 2 aromatic carbocycles. The predicted molar refractivity (Wildman–Crippen MR) is 175 cm³/mol. The second-order valence-electron chi connectivity index (χ2n) is 11.4. The first-order valence-electron chi connectivity index (χ1n) is 15.8. The predicted octanol–water partition coefficient (Wildman–Crippen LogP) is 2.41. The summed E-state index contributed by atoms with van der Waals surface area (Å²) in [5, 5.41) is 41.0. The number of hydrogen-bond acceptors (Lipinski definition) is 13. The van der Waals surface area contributed by atoms with Gasteiger partial charge in [-0.05, 0) is 36.2 Å². The van der Waals surface area contributed by atoms with Crippen LogP contribution in [0.2, 0.25) is 5.02 Å². The van der Waals surface area contributed by atoms with Crippen molar-refractivity contribution in [2.24, 2.45) is 0 Å². The summed E-state index contributed by atoms with van der Waals surface area (Å²) < 4.78 is 41.1. The first-order chi connectivity index (χ1) is 24.1. The van der Waals surface area contributed by atoms with Gasteiger partial charge in [-0.25, -0.2) is 4.79 Å². The average Bonchev–Trinajstić information content (AvgIpc) is 3.56. The molecule has 4 N–H and O–H groups in total. The number of aromatic nitrogens is 3. The number of ether oxygens (including phenoxy) is 5. The van der Waals surface area contributed by atoms with Crippen LogP contribution in [-0.2, 0) is 43.4 Å². The Balaban J connectivity index is 1.30. The fourth-order valence-corrected chi connectivity index (χ4v) is 5.40. The molecule has 1 fully saturated rings. The van der Waals surface area contributed by atoms with Gasteiger partial charge in [0.05, 0.1) is 36.7 Å².